The molecule has 0 aliphatic carbocycles. The van der Waals surface area contributed by atoms with Crippen LogP contribution in [0.25, 0.3) is 0 Å². The number of thiazole rings is 1. The van der Waals surface area contributed by atoms with Gasteiger partial charge in [-0.25, -0.2) is 4.98 Å². The second-order valence-corrected chi connectivity index (χ2v) is 6.28. The number of aliphatic carboxylic acids is 1. The van der Waals surface area contributed by atoms with Crippen molar-refractivity contribution in [3.8, 4) is 0 Å². The van der Waals surface area contributed by atoms with Gasteiger partial charge in [0.1, 0.15) is 6.04 Å². The summed E-state index contributed by atoms with van der Waals surface area (Å²) in [7, 11) is 0. The van der Waals surface area contributed by atoms with E-state index in [1.807, 2.05) is 19.2 Å². The zero-order valence-electron chi connectivity index (χ0n) is 10.9. The topological polar surface area (TPSA) is 62.2 Å². The lowest BCUT2D eigenvalue weighted by Crippen LogP contribution is -2.33. The fraction of sp³-hybridized carbons (Fsp3) is 0.667. The van der Waals surface area contributed by atoms with E-state index in [1.165, 1.54) is 11.3 Å². The van der Waals surface area contributed by atoms with Crippen molar-refractivity contribution in [1.82, 2.24) is 10.3 Å². The van der Waals surface area contributed by atoms with Crippen LogP contribution >= 0.6 is 11.3 Å². The molecule has 96 valence electrons. The number of hydrogen-bond acceptors (Lipinski definition) is 4. The van der Waals surface area contributed by atoms with Crippen LogP contribution in [-0.2, 0) is 10.2 Å². The molecular formula is C12H20N2O2S. The number of carbonyl (C=O) groups is 1. The van der Waals surface area contributed by atoms with Gasteiger partial charge in [-0.1, -0.05) is 20.8 Å². The molecule has 1 aromatic rings. The Morgan fingerprint density at radius 2 is 2.06 bits per heavy atom. The Kier molecular flexibility index (Phi) is 4.27. The predicted molar refractivity (Wildman–Crippen MR) is 69.5 cm³/mol. The second-order valence-electron chi connectivity index (χ2n) is 5.42. The van der Waals surface area contributed by atoms with Crippen molar-refractivity contribution in [2.45, 2.75) is 52.1 Å². The standard InChI is InChI=1S/C12H20N2O2S/c1-7(2)13-9(10(15)16)8-6-17-11(14-8)12(3,4)5/h6-7,9,13H,1-5H3,(H,15,16). The summed E-state index contributed by atoms with van der Waals surface area (Å²) in [5.41, 5.74) is 0.560. The summed E-state index contributed by atoms with van der Waals surface area (Å²) in [6, 6.07) is -0.613. The molecule has 4 nitrogen and oxygen atoms in total. The molecule has 1 atom stereocenters. The zero-order chi connectivity index (χ0) is 13.2. The van der Waals surface area contributed by atoms with E-state index in [2.05, 4.69) is 31.1 Å². The number of aromatic nitrogens is 1. The Morgan fingerprint density at radius 1 is 1.47 bits per heavy atom. The minimum Gasteiger partial charge on any atom is -0.480 e. The Morgan fingerprint density at radius 3 is 2.41 bits per heavy atom. The highest BCUT2D eigenvalue weighted by atomic mass is 32.1. The molecule has 17 heavy (non-hydrogen) atoms. The SMILES string of the molecule is CC(C)NC(C(=O)O)c1csc(C(C)(C)C)n1. The van der Waals surface area contributed by atoms with Gasteiger partial charge in [0.25, 0.3) is 0 Å². The highest BCUT2D eigenvalue weighted by Crippen LogP contribution is 2.27. The number of nitrogens with zero attached hydrogens (tertiary/aromatic N) is 1. The van der Waals surface area contributed by atoms with Gasteiger partial charge in [-0.05, 0) is 13.8 Å². The van der Waals surface area contributed by atoms with Gasteiger partial charge < -0.3 is 5.11 Å². The van der Waals surface area contributed by atoms with Gasteiger partial charge in [-0.2, -0.15) is 0 Å². The second kappa shape index (κ2) is 5.14. The fourth-order valence-corrected chi connectivity index (χ4v) is 2.31. The van der Waals surface area contributed by atoms with Gasteiger partial charge in [-0.15, -0.1) is 11.3 Å². The summed E-state index contributed by atoms with van der Waals surface area (Å²) < 4.78 is 0. The van der Waals surface area contributed by atoms with Crippen molar-refractivity contribution >= 4 is 17.3 Å². The molecule has 2 N–H and O–H groups in total. The summed E-state index contributed by atoms with van der Waals surface area (Å²) in [5.74, 6) is -0.885. The average Bonchev–Trinajstić information content (AvgIpc) is 2.60. The molecule has 1 unspecified atom stereocenters. The number of nitrogens with one attached hydrogen (secondary N) is 1. The first-order valence-electron chi connectivity index (χ1n) is 5.66. The van der Waals surface area contributed by atoms with E-state index >= 15 is 0 Å². The van der Waals surface area contributed by atoms with Crippen LogP contribution < -0.4 is 5.32 Å². The highest BCUT2D eigenvalue weighted by Gasteiger charge is 2.26. The first kappa shape index (κ1) is 14.1. The van der Waals surface area contributed by atoms with Crippen LogP contribution in [0.1, 0.15) is 51.4 Å². The van der Waals surface area contributed by atoms with Crippen LogP contribution in [0.3, 0.4) is 0 Å². The molecule has 1 rings (SSSR count). The van der Waals surface area contributed by atoms with Crippen molar-refractivity contribution in [2.24, 2.45) is 0 Å². The molecule has 0 saturated carbocycles. The minimum atomic E-state index is -0.885. The lowest BCUT2D eigenvalue weighted by Gasteiger charge is -2.16. The van der Waals surface area contributed by atoms with E-state index in [9.17, 15) is 9.90 Å². The van der Waals surface area contributed by atoms with Crippen LogP contribution in [-0.4, -0.2) is 22.1 Å². The van der Waals surface area contributed by atoms with Gasteiger partial charge in [-0.3, -0.25) is 10.1 Å². The molecule has 0 aliphatic heterocycles. The molecule has 0 amide bonds. The van der Waals surface area contributed by atoms with Crippen LogP contribution in [0, 0.1) is 0 Å². The van der Waals surface area contributed by atoms with Crippen LogP contribution in [0.15, 0.2) is 5.38 Å². The molecule has 0 saturated heterocycles. The molecular weight excluding hydrogens is 236 g/mol. The fourth-order valence-electron chi connectivity index (χ4n) is 1.38. The molecule has 0 spiro atoms. The van der Waals surface area contributed by atoms with Crippen molar-refractivity contribution in [3.63, 3.8) is 0 Å². The maximum absolute atomic E-state index is 11.2. The van der Waals surface area contributed by atoms with Gasteiger partial charge >= 0.3 is 5.97 Å². The Labute approximate surface area is 106 Å². The first-order valence-corrected chi connectivity index (χ1v) is 6.54. The maximum atomic E-state index is 11.2. The number of carboxylic acids is 1. The Bertz CT molecular complexity index is 393. The number of hydrogen-bond donors (Lipinski definition) is 2. The summed E-state index contributed by atoms with van der Waals surface area (Å²) in [6.07, 6.45) is 0. The van der Waals surface area contributed by atoms with Gasteiger partial charge in [0.05, 0.1) is 10.7 Å². The quantitative estimate of drug-likeness (QED) is 0.869. The Hall–Kier alpha value is -0.940. The van der Waals surface area contributed by atoms with Crippen molar-refractivity contribution < 1.29 is 9.90 Å². The summed E-state index contributed by atoms with van der Waals surface area (Å²) in [5, 5.41) is 15.0. The minimum absolute atomic E-state index is 0.0379. The lowest BCUT2D eigenvalue weighted by atomic mass is 9.98. The summed E-state index contributed by atoms with van der Waals surface area (Å²) in [6.45, 7) is 10.1. The molecule has 0 aliphatic rings. The molecule has 5 heteroatoms. The zero-order valence-corrected chi connectivity index (χ0v) is 11.8. The van der Waals surface area contributed by atoms with Crippen molar-refractivity contribution in [3.05, 3.63) is 16.1 Å². The van der Waals surface area contributed by atoms with Crippen LogP contribution in [0.5, 0.6) is 0 Å². The molecule has 0 radical (unpaired) electrons. The van der Waals surface area contributed by atoms with Crippen LogP contribution in [0.2, 0.25) is 0 Å². The molecule has 1 aromatic heterocycles. The lowest BCUT2D eigenvalue weighted by molar-refractivity contribution is -0.139. The van der Waals surface area contributed by atoms with Gasteiger partial charge in [0.15, 0.2) is 0 Å². The van der Waals surface area contributed by atoms with E-state index in [1.54, 1.807) is 0 Å². The molecule has 0 bridgehead atoms. The van der Waals surface area contributed by atoms with E-state index in [0.29, 0.717) is 5.69 Å². The Balaban J connectivity index is 2.96. The van der Waals surface area contributed by atoms with E-state index in [0.717, 1.165) is 5.01 Å². The first-order chi connectivity index (χ1) is 7.71. The van der Waals surface area contributed by atoms with E-state index < -0.39 is 12.0 Å². The monoisotopic (exact) mass is 256 g/mol. The number of rotatable bonds is 4. The molecule has 0 fully saturated rings. The molecule has 1 heterocycles. The largest absolute Gasteiger partial charge is 0.480 e. The molecule has 0 aromatic carbocycles. The smallest absolute Gasteiger partial charge is 0.327 e. The van der Waals surface area contributed by atoms with Gasteiger partial charge in [0.2, 0.25) is 0 Å². The predicted octanol–water partition coefficient (Wildman–Crippen LogP) is 2.56. The van der Waals surface area contributed by atoms with Crippen LogP contribution in [0.4, 0.5) is 0 Å². The number of carboxylic acid groups (broad SMARTS) is 1. The summed E-state index contributed by atoms with van der Waals surface area (Å²) >= 11 is 1.51. The van der Waals surface area contributed by atoms with Crippen molar-refractivity contribution in [2.75, 3.05) is 0 Å². The van der Waals surface area contributed by atoms with E-state index in [4.69, 9.17) is 0 Å². The summed E-state index contributed by atoms with van der Waals surface area (Å²) in [4.78, 5) is 15.6. The van der Waals surface area contributed by atoms with E-state index in [-0.39, 0.29) is 11.5 Å². The highest BCUT2D eigenvalue weighted by molar-refractivity contribution is 7.09. The third-order valence-electron chi connectivity index (χ3n) is 2.21. The van der Waals surface area contributed by atoms with Gasteiger partial charge in [0, 0.05) is 16.8 Å². The third-order valence-corrected chi connectivity index (χ3v) is 3.49. The third kappa shape index (κ3) is 3.78. The average molecular weight is 256 g/mol. The maximum Gasteiger partial charge on any atom is 0.327 e. The normalized spacial score (nSPS) is 14.0. The van der Waals surface area contributed by atoms with Crippen molar-refractivity contribution in [1.29, 1.82) is 0 Å².